The molecule has 0 fully saturated rings. The summed E-state index contributed by atoms with van der Waals surface area (Å²) in [5.41, 5.74) is 5.73. The lowest BCUT2D eigenvalue weighted by Crippen LogP contribution is -2.18. The van der Waals surface area contributed by atoms with Gasteiger partial charge in [-0.05, 0) is 12.1 Å². The van der Waals surface area contributed by atoms with Crippen molar-refractivity contribution in [3.05, 3.63) is 47.0 Å². The van der Waals surface area contributed by atoms with E-state index in [1.165, 1.54) is 29.2 Å². The van der Waals surface area contributed by atoms with Crippen molar-refractivity contribution in [2.75, 3.05) is 0 Å². The Hall–Kier alpha value is -2.08. The number of hydrogen-bond acceptors (Lipinski definition) is 3. The van der Waals surface area contributed by atoms with Crippen molar-refractivity contribution in [2.45, 2.75) is 0 Å². The van der Waals surface area contributed by atoms with Crippen molar-refractivity contribution in [1.29, 1.82) is 0 Å². The third kappa shape index (κ3) is 2.07. The number of aromatic nitrogens is 2. The molecule has 88 valence electrons. The first-order valence-electron chi connectivity index (χ1n) is 4.60. The summed E-state index contributed by atoms with van der Waals surface area (Å²) in [7, 11) is 0. The molecular formula is C10H8ClFN4O. The van der Waals surface area contributed by atoms with E-state index >= 15 is 0 Å². The van der Waals surface area contributed by atoms with Crippen molar-refractivity contribution < 1.29 is 9.60 Å². The summed E-state index contributed by atoms with van der Waals surface area (Å²) in [5, 5.41) is 15.8. The molecule has 0 radical (unpaired) electrons. The number of nitrogens with two attached hydrogens (primary N) is 1. The lowest BCUT2D eigenvalue weighted by molar-refractivity contribution is 0.318. The van der Waals surface area contributed by atoms with E-state index in [1.54, 1.807) is 6.07 Å². The van der Waals surface area contributed by atoms with Crippen LogP contribution in [0.15, 0.2) is 35.7 Å². The lowest BCUT2D eigenvalue weighted by Gasteiger charge is -2.08. The highest BCUT2D eigenvalue weighted by molar-refractivity contribution is 6.30. The fraction of sp³-hybridized carbons (Fsp3) is 0. The minimum atomic E-state index is -0.607. The molecule has 0 bridgehead atoms. The molecule has 17 heavy (non-hydrogen) atoms. The zero-order valence-corrected chi connectivity index (χ0v) is 9.26. The predicted molar refractivity (Wildman–Crippen MR) is 61.0 cm³/mol. The molecule has 5 nitrogen and oxygen atoms in total. The molecular weight excluding hydrogens is 247 g/mol. The molecule has 0 saturated heterocycles. The van der Waals surface area contributed by atoms with E-state index in [9.17, 15) is 4.39 Å². The van der Waals surface area contributed by atoms with Crippen LogP contribution in [0.3, 0.4) is 0 Å². The molecule has 2 aromatic rings. The van der Waals surface area contributed by atoms with Gasteiger partial charge in [-0.1, -0.05) is 22.8 Å². The average molecular weight is 255 g/mol. The highest BCUT2D eigenvalue weighted by atomic mass is 35.5. The topological polar surface area (TPSA) is 76.4 Å². The molecule has 0 amide bonds. The molecule has 2 rings (SSSR count). The number of halogens is 2. The van der Waals surface area contributed by atoms with Crippen molar-refractivity contribution >= 4 is 17.4 Å². The van der Waals surface area contributed by atoms with Gasteiger partial charge in [-0.3, -0.25) is 0 Å². The number of amidine groups is 1. The molecule has 1 aromatic carbocycles. The standard InChI is InChI=1S/C10H8ClFN4O/c11-6-4-14-16(5-6)8-3-1-2-7(12)9(8)10(13)15-17/h1-5,17H,(H2,13,15). The molecule has 0 aliphatic carbocycles. The fourth-order valence-corrected chi connectivity index (χ4v) is 1.58. The van der Waals surface area contributed by atoms with Gasteiger partial charge in [0.05, 0.1) is 22.5 Å². The van der Waals surface area contributed by atoms with E-state index in [0.717, 1.165) is 0 Å². The van der Waals surface area contributed by atoms with Crippen molar-refractivity contribution in [3.63, 3.8) is 0 Å². The second kappa shape index (κ2) is 4.42. The number of nitrogens with zero attached hydrogens (tertiary/aromatic N) is 3. The first kappa shape index (κ1) is 11.4. The Balaban J connectivity index is 2.66. The monoisotopic (exact) mass is 254 g/mol. The maximum atomic E-state index is 13.6. The quantitative estimate of drug-likeness (QED) is 0.371. The van der Waals surface area contributed by atoms with Crippen LogP contribution < -0.4 is 5.73 Å². The second-order valence-corrected chi connectivity index (χ2v) is 3.66. The second-order valence-electron chi connectivity index (χ2n) is 3.22. The molecule has 0 spiro atoms. The Morgan fingerprint density at radius 2 is 2.29 bits per heavy atom. The maximum Gasteiger partial charge on any atom is 0.175 e. The van der Waals surface area contributed by atoms with Gasteiger partial charge in [0.2, 0.25) is 0 Å². The highest BCUT2D eigenvalue weighted by Crippen LogP contribution is 2.19. The molecule has 0 unspecified atom stereocenters. The third-order valence-corrected chi connectivity index (χ3v) is 2.35. The van der Waals surface area contributed by atoms with E-state index in [1.807, 2.05) is 0 Å². The Kier molecular flexibility index (Phi) is 2.97. The Morgan fingerprint density at radius 1 is 1.53 bits per heavy atom. The minimum absolute atomic E-state index is 0.0326. The molecule has 0 saturated carbocycles. The highest BCUT2D eigenvalue weighted by Gasteiger charge is 2.14. The third-order valence-electron chi connectivity index (χ3n) is 2.15. The maximum absolute atomic E-state index is 13.6. The summed E-state index contributed by atoms with van der Waals surface area (Å²) >= 11 is 5.73. The van der Waals surface area contributed by atoms with Gasteiger partial charge in [0.25, 0.3) is 0 Å². The number of benzene rings is 1. The van der Waals surface area contributed by atoms with Gasteiger partial charge in [-0.2, -0.15) is 5.10 Å². The molecule has 1 aromatic heterocycles. The fourth-order valence-electron chi connectivity index (χ4n) is 1.44. The van der Waals surface area contributed by atoms with Gasteiger partial charge in [0.15, 0.2) is 5.84 Å². The first-order chi connectivity index (χ1) is 8.13. The smallest absolute Gasteiger partial charge is 0.175 e. The van der Waals surface area contributed by atoms with E-state index in [0.29, 0.717) is 10.7 Å². The van der Waals surface area contributed by atoms with Crippen molar-refractivity contribution in [3.8, 4) is 5.69 Å². The van der Waals surface area contributed by atoms with Crippen LogP contribution in [0.1, 0.15) is 5.56 Å². The van der Waals surface area contributed by atoms with Crippen LogP contribution in [0.5, 0.6) is 0 Å². The van der Waals surface area contributed by atoms with E-state index in [2.05, 4.69) is 10.3 Å². The lowest BCUT2D eigenvalue weighted by atomic mass is 10.1. The molecule has 0 aliphatic heterocycles. The normalized spacial score (nSPS) is 11.8. The van der Waals surface area contributed by atoms with Crippen LogP contribution in [0.2, 0.25) is 5.02 Å². The molecule has 0 atom stereocenters. The van der Waals surface area contributed by atoms with Crippen LogP contribution in [0.25, 0.3) is 5.69 Å². The van der Waals surface area contributed by atoms with Crippen LogP contribution in [-0.4, -0.2) is 20.8 Å². The van der Waals surface area contributed by atoms with Crippen LogP contribution in [-0.2, 0) is 0 Å². The molecule has 0 aliphatic rings. The molecule has 1 heterocycles. The van der Waals surface area contributed by atoms with Gasteiger partial charge >= 0.3 is 0 Å². The summed E-state index contributed by atoms with van der Waals surface area (Å²) in [5.74, 6) is -0.936. The Labute approximate surface area is 101 Å². The Morgan fingerprint density at radius 3 is 2.88 bits per heavy atom. The van der Waals surface area contributed by atoms with Crippen molar-refractivity contribution in [2.24, 2.45) is 10.9 Å². The number of oxime groups is 1. The average Bonchev–Trinajstić information content (AvgIpc) is 2.74. The molecule has 7 heteroatoms. The van der Waals surface area contributed by atoms with E-state index < -0.39 is 5.82 Å². The largest absolute Gasteiger partial charge is 0.409 e. The summed E-state index contributed by atoms with van der Waals surface area (Å²) in [6.07, 6.45) is 2.90. The van der Waals surface area contributed by atoms with E-state index in [-0.39, 0.29) is 11.4 Å². The summed E-state index contributed by atoms with van der Waals surface area (Å²) in [6.45, 7) is 0. The summed E-state index contributed by atoms with van der Waals surface area (Å²) in [4.78, 5) is 0. The predicted octanol–water partition coefficient (Wildman–Crippen LogP) is 1.76. The number of rotatable bonds is 2. The molecule has 3 N–H and O–H groups in total. The zero-order valence-electron chi connectivity index (χ0n) is 8.51. The van der Waals surface area contributed by atoms with Gasteiger partial charge in [-0.15, -0.1) is 0 Å². The van der Waals surface area contributed by atoms with Crippen LogP contribution in [0, 0.1) is 5.82 Å². The SMILES string of the molecule is NC(=NO)c1c(F)cccc1-n1cc(Cl)cn1. The first-order valence-corrected chi connectivity index (χ1v) is 4.98. The summed E-state index contributed by atoms with van der Waals surface area (Å²) < 4.78 is 15.0. The van der Waals surface area contributed by atoms with Gasteiger partial charge in [0.1, 0.15) is 5.82 Å². The van der Waals surface area contributed by atoms with Gasteiger partial charge in [0, 0.05) is 6.20 Å². The Bertz CT molecular complexity index is 581. The van der Waals surface area contributed by atoms with Gasteiger partial charge < -0.3 is 10.9 Å². The summed E-state index contributed by atoms with van der Waals surface area (Å²) in [6, 6.07) is 4.29. The van der Waals surface area contributed by atoms with Crippen LogP contribution in [0.4, 0.5) is 4.39 Å². The van der Waals surface area contributed by atoms with E-state index in [4.69, 9.17) is 22.5 Å². The van der Waals surface area contributed by atoms with Crippen molar-refractivity contribution in [1.82, 2.24) is 9.78 Å². The number of hydrogen-bond donors (Lipinski definition) is 2. The zero-order chi connectivity index (χ0) is 12.4. The van der Waals surface area contributed by atoms with Gasteiger partial charge in [-0.25, -0.2) is 9.07 Å². The minimum Gasteiger partial charge on any atom is -0.409 e. The van der Waals surface area contributed by atoms with Crippen LogP contribution >= 0.6 is 11.6 Å².